The van der Waals surface area contributed by atoms with Crippen molar-refractivity contribution in [3.8, 4) is 5.69 Å². The predicted molar refractivity (Wildman–Crippen MR) is 128 cm³/mol. The lowest BCUT2D eigenvalue weighted by Crippen LogP contribution is -2.22. The maximum Gasteiger partial charge on any atom is 0.295 e. The minimum absolute atomic E-state index is 0.252. The highest BCUT2D eigenvalue weighted by Gasteiger charge is 2.45. The molecule has 4 rings (SSSR count). The van der Waals surface area contributed by atoms with Gasteiger partial charge in [0, 0.05) is 12.3 Å². The van der Waals surface area contributed by atoms with Crippen LogP contribution in [-0.4, -0.2) is 21.1 Å². The van der Waals surface area contributed by atoms with E-state index in [4.69, 9.17) is 0 Å². The third kappa shape index (κ3) is 4.06. The van der Waals surface area contributed by atoms with Crippen molar-refractivity contribution >= 4 is 26.8 Å². The summed E-state index contributed by atoms with van der Waals surface area (Å²) >= 11 is 0. The van der Waals surface area contributed by atoms with Crippen LogP contribution in [0.2, 0.25) is 0 Å². The van der Waals surface area contributed by atoms with Gasteiger partial charge in [0.2, 0.25) is 0 Å². The van der Waals surface area contributed by atoms with Crippen molar-refractivity contribution in [2.75, 3.05) is 4.72 Å². The SMILES string of the molecule is C=S(=C)(Cc1ccccc1F)Nc1c(C)n(CC)n(-c2cccc(C3(F)CC3)c2)c1=O. The lowest BCUT2D eigenvalue weighted by Gasteiger charge is -2.17. The first-order valence-electron chi connectivity index (χ1n) is 10.3. The van der Waals surface area contributed by atoms with Crippen molar-refractivity contribution in [2.45, 2.75) is 44.7 Å². The summed E-state index contributed by atoms with van der Waals surface area (Å²) in [4.78, 5) is 13.4. The van der Waals surface area contributed by atoms with E-state index in [0.717, 1.165) is 5.69 Å². The molecule has 4 nitrogen and oxygen atoms in total. The standard InChI is InChI=1S/C24H27F2N3OS/c1-5-28-17(2)22(27-31(3,4)16-18-9-6-7-12-21(18)25)23(30)29(28)20-11-8-10-19(15-20)24(26)13-14-24/h6-12,15,27H,3-5,13-14,16H2,1-2H3. The summed E-state index contributed by atoms with van der Waals surface area (Å²) in [6, 6.07) is 13.6. The second-order valence-corrected chi connectivity index (χ2v) is 10.8. The molecule has 164 valence electrons. The third-order valence-corrected chi connectivity index (χ3v) is 7.20. The maximum atomic E-state index is 14.6. The Hall–Kier alpha value is -2.80. The zero-order chi connectivity index (χ0) is 22.4. The summed E-state index contributed by atoms with van der Waals surface area (Å²) in [5.41, 5.74) is 1.32. The summed E-state index contributed by atoms with van der Waals surface area (Å²) in [5.74, 6) is 8.30. The minimum atomic E-state index is -2.05. The molecule has 0 atom stereocenters. The molecule has 3 aromatic rings. The van der Waals surface area contributed by atoms with E-state index in [9.17, 15) is 13.6 Å². The van der Waals surface area contributed by atoms with Crippen LogP contribution in [0.4, 0.5) is 14.5 Å². The molecule has 0 saturated heterocycles. The summed E-state index contributed by atoms with van der Waals surface area (Å²) in [5, 5.41) is 0. The monoisotopic (exact) mass is 443 g/mol. The molecule has 0 amide bonds. The van der Waals surface area contributed by atoms with Crippen LogP contribution >= 0.6 is 9.39 Å². The van der Waals surface area contributed by atoms with Crippen LogP contribution in [0, 0.1) is 12.7 Å². The number of benzene rings is 2. The number of hydrogen-bond acceptors (Lipinski definition) is 2. The van der Waals surface area contributed by atoms with Crippen molar-refractivity contribution in [2.24, 2.45) is 0 Å². The summed E-state index contributed by atoms with van der Waals surface area (Å²) < 4.78 is 35.4. The Morgan fingerprint density at radius 2 is 1.87 bits per heavy atom. The van der Waals surface area contributed by atoms with Gasteiger partial charge in [-0.05, 0) is 56.0 Å². The Morgan fingerprint density at radius 1 is 1.16 bits per heavy atom. The fourth-order valence-corrected chi connectivity index (χ4v) is 5.45. The molecule has 1 aliphatic rings. The molecule has 7 heteroatoms. The predicted octanol–water partition coefficient (Wildman–Crippen LogP) is 5.26. The van der Waals surface area contributed by atoms with E-state index in [0.29, 0.717) is 41.9 Å². The molecule has 1 heterocycles. The highest BCUT2D eigenvalue weighted by Crippen LogP contribution is 2.49. The molecule has 0 spiro atoms. The smallest absolute Gasteiger partial charge is 0.295 e. The van der Waals surface area contributed by atoms with Crippen LogP contribution < -0.4 is 10.3 Å². The van der Waals surface area contributed by atoms with Gasteiger partial charge in [0.25, 0.3) is 5.56 Å². The summed E-state index contributed by atoms with van der Waals surface area (Å²) in [6.07, 6.45) is 1.02. The van der Waals surface area contributed by atoms with Crippen molar-refractivity contribution in [3.05, 3.63) is 81.5 Å². The first-order chi connectivity index (χ1) is 14.6. The molecule has 1 aliphatic carbocycles. The topological polar surface area (TPSA) is 39.0 Å². The van der Waals surface area contributed by atoms with Crippen molar-refractivity contribution in [3.63, 3.8) is 0 Å². The van der Waals surface area contributed by atoms with Gasteiger partial charge in [0.05, 0.1) is 11.4 Å². The van der Waals surface area contributed by atoms with Gasteiger partial charge in [0.1, 0.15) is 17.2 Å². The zero-order valence-electron chi connectivity index (χ0n) is 17.8. The fourth-order valence-electron chi connectivity index (χ4n) is 3.88. The van der Waals surface area contributed by atoms with Crippen molar-refractivity contribution in [1.29, 1.82) is 0 Å². The molecule has 1 saturated carbocycles. The van der Waals surface area contributed by atoms with Gasteiger partial charge >= 0.3 is 0 Å². The average molecular weight is 444 g/mol. The number of rotatable bonds is 7. The third-order valence-electron chi connectivity index (χ3n) is 5.70. The van der Waals surface area contributed by atoms with Gasteiger partial charge in [-0.3, -0.25) is 9.48 Å². The lowest BCUT2D eigenvalue weighted by atomic mass is 10.1. The van der Waals surface area contributed by atoms with E-state index < -0.39 is 15.1 Å². The van der Waals surface area contributed by atoms with E-state index in [-0.39, 0.29) is 17.1 Å². The Kier molecular flexibility index (Phi) is 5.33. The van der Waals surface area contributed by atoms with E-state index >= 15 is 0 Å². The van der Waals surface area contributed by atoms with Crippen LogP contribution in [-0.2, 0) is 18.0 Å². The van der Waals surface area contributed by atoms with Gasteiger partial charge in [-0.25, -0.2) is 13.5 Å². The molecule has 1 fully saturated rings. The highest BCUT2D eigenvalue weighted by molar-refractivity contribution is 8.28. The zero-order valence-corrected chi connectivity index (χ0v) is 18.6. The maximum absolute atomic E-state index is 14.6. The van der Waals surface area contributed by atoms with Crippen molar-refractivity contribution in [1.82, 2.24) is 9.36 Å². The van der Waals surface area contributed by atoms with Gasteiger partial charge in [-0.1, -0.05) is 42.1 Å². The molecular weight excluding hydrogens is 416 g/mol. The van der Waals surface area contributed by atoms with Crippen LogP contribution in [0.15, 0.2) is 53.3 Å². The van der Waals surface area contributed by atoms with E-state index in [1.54, 1.807) is 47.1 Å². The van der Waals surface area contributed by atoms with Gasteiger partial charge in [0.15, 0.2) is 0 Å². The molecule has 0 radical (unpaired) electrons. The van der Waals surface area contributed by atoms with Gasteiger partial charge in [-0.2, -0.15) is 0 Å². The minimum Gasteiger partial charge on any atom is -0.335 e. The lowest BCUT2D eigenvalue weighted by molar-refractivity contribution is 0.317. The highest BCUT2D eigenvalue weighted by atomic mass is 32.2. The molecule has 31 heavy (non-hydrogen) atoms. The van der Waals surface area contributed by atoms with E-state index in [1.165, 1.54) is 6.07 Å². The molecule has 0 unspecified atom stereocenters. The molecule has 2 aromatic carbocycles. The van der Waals surface area contributed by atoms with Gasteiger partial charge in [-0.15, -0.1) is 9.39 Å². The number of alkyl halides is 1. The quantitative estimate of drug-likeness (QED) is 0.506. The summed E-state index contributed by atoms with van der Waals surface area (Å²) in [6.45, 7) is 4.35. The number of nitrogens with one attached hydrogen (secondary N) is 1. The first kappa shape index (κ1) is 21.4. The molecule has 0 bridgehead atoms. The molecule has 0 aliphatic heterocycles. The molecular formula is C24H27F2N3OS. The number of aromatic nitrogens is 2. The van der Waals surface area contributed by atoms with Crippen molar-refractivity contribution < 1.29 is 8.78 Å². The second-order valence-electron chi connectivity index (χ2n) is 8.19. The Morgan fingerprint density at radius 3 is 2.52 bits per heavy atom. The van der Waals surface area contributed by atoms with E-state index in [1.807, 2.05) is 18.5 Å². The largest absolute Gasteiger partial charge is 0.335 e. The summed E-state index contributed by atoms with van der Waals surface area (Å²) in [7, 11) is -2.05. The number of anilines is 1. The Bertz CT molecular complexity index is 1300. The van der Waals surface area contributed by atoms with Crippen LogP contribution in [0.5, 0.6) is 0 Å². The molecule has 1 aromatic heterocycles. The number of hydrogen-bond donors (Lipinski definition) is 1. The van der Waals surface area contributed by atoms with E-state index in [2.05, 4.69) is 16.5 Å². The average Bonchev–Trinajstić information content (AvgIpc) is 3.44. The first-order valence-corrected chi connectivity index (χ1v) is 12.4. The van der Waals surface area contributed by atoms with Crippen LogP contribution in [0.3, 0.4) is 0 Å². The Labute approximate surface area is 181 Å². The van der Waals surface area contributed by atoms with Crippen LogP contribution in [0.25, 0.3) is 5.69 Å². The molecule has 1 N–H and O–H groups in total. The second kappa shape index (κ2) is 7.71. The fraction of sp³-hybridized carbons (Fsp3) is 0.292. The number of nitrogens with zero attached hydrogens (tertiary/aromatic N) is 2. The van der Waals surface area contributed by atoms with Crippen LogP contribution in [0.1, 0.15) is 36.6 Å². The normalized spacial score (nSPS) is 15.1. The number of halogens is 2. The Balaban J connectivity index is 1.73. The van der Waals surface area contributed by atoms with Gasteiger partial charge < -0.3 is 4.72 Å².